The number of ether oxygens (including phenoxy) is 1. The summed E-state index contributed by atoms with van der Waals surface area (Å²) in [5.41, 5.74) is 7.64. The van der Waals surface area contributed by atoms with Crippen LogP contribution in [-0.4, -0.2) is 20.3 Å². The highest BCUT2D eigenvalue weighted by molar-refractivity contribution is 9.10. The van der Waals surface area contributed by atoms with E-state index in [9.17, 15) is 0 Å². The monoisotopic (exact) mass is 286 g/mol. The molecule has 1 aromatic rings. The van der Waals surface area contributed by atoms with Crippen LogP contribution in [0.4, 0.5) is 11.4 Å². The number of methoxy groups -OCH3 is 1. The summed E-state index contributed by atoms with van der Waals surface area (Å²) in [6.45, 7) is 1.80. The topological polar surface area (TPSA) is 47.3 Å². The number of rotatable bonds is 7. The smallest absolute Gasteiger partial charge is 0.0585 e. The van der Waals surface area contributed by atoms with Crippen molar-refractivity contribution >= 4 is 27.3 Å². The molecule has 0 spiro atoms. The van der Waals surface area contributed by atoms with Crippen molar-refractivity contribution in [3.8, 4) is 0 Å². The Morgan fingerprint density at radius 3 is 2.88 bits per heavy atom. The van der Waals surface area contributed by atoms with Gasteiger partial charge >= 0.3 is 0 Å². The zero-order chi connectivity index (χ0) is 11.8. The number of nitrogens with two attached hydrogens (primary N) is 1. The molecule has 16 heavy (non-hydrogen) atoms. The van der Waals surface area contributed by atoms with Gasteiger partial charge in [0.25, 0.3) is 0 Å². The molecule has 0 saturated heterocycles. The van der Waals surface area contributed by atoms with Crippen molar-refractivity contribution in [2.75, 3.05) is 31.3 Å². The number of unbranched alkanes of at least 4 members (excludes halogenated alkanes) is 2. The minimum absolute atomic E-state index is 0.792. The van der Waals surface area contributed by atoms with Gasteiger partial charge in [-0.3, -0.25) is 0 Å². The van der Waals surface area contributed by atoms with Gasteiger partial charge < -0.3 is 15.8 Å². The maximum absolute atomic E-state index is 5.85. The highest BCUT2D eigenvalue weighted by Crippen LogP contribution is 2.23. The van der Waals surface area contributed by atoms with E-state index in [1.165, 1.54) is 6.42 Å². The average molecular weight is 287 g/mol. The molecule has 0 amide bonds. The standard InChI is InChI=1S/C12H19BrN2O/c1-16-8-4-2-3-7-15-12-9-10(13)5-6-11(12)14/h5-6,9,15H,2-4,7-8,14H2,1H3. The highest BCUT2D eigenvalue weighted by Gasteiger charge is 1.98. The van der Waals surface area contributed by atoms with Gasteiger partial charge in [-0.05, 0) is 37.5 Å². The van der Waals surface area contributed by atoms with Crippen LogP contribution >= 0.6 is 15.9 Å². The molecule has 0 saturated carbocycles. The lowest BCUT2D eigenvalue weighted by molar-refractivity contribution is 0.192. The highest BCUT2D eigenvalue weighted by atomic mass is 79.9. The molecule has 0 radical (unpaired) electrons. The molecule has 3 N–H and O–H groups in total. The second-order valence-electron chi connectivity index (χ2n) is 3.71. The zero-order valence-corrected chi connectivity index (χ0v) is 11.2. The number of hydrogen-bond acceptors (Lipinski definition) is 3. The Bertz CT molecular complexity index is 318. The number of anilines is 2. The molecule has 1 aromatic carbocycles. The molecule has 0 atom stereocenters. The van der Waals surface area contributed by atoms with Gasteiger partial charge in [0.15, 0.2) is 0 Å². The van der Waals surface area contributed by atoms with E-state index in [1.807, 2.05) is 18.2 Å². The summed E-state index contributed by atoms with van der Waals surface area (Å²) in [6, 6.07) is 5.85. The number of benzene rings is 1. The van der Waals surface area contributed by atoms with E-state index in [1.54, 1.807) is 7.11 Å². The van der Waals surface area contributed by atoms with Gasteiger partial charge in [-0.15, -0.1) is 0 Å². The molecule has 0 aliphatic carbocycles. The van der Waals surface area contributed by atoms with Gasteiger partial charge in [-0.25, -0.2) is 0 Å². The van der Waals surface area contributed by atoms with Crippen molar-refractivity contribution in [1.82, 2.24) is 0 Å². The first-order valence-corrected chi connectivity index (χ1v) is 6.31. The summed E-state index contributed by atoms with van der Waals surface area (Å²) in [5, 5.41) is 3.33. The third-order valence-electron chi connectivity index (χ3n) is 2.36. The first kappa shape index (κ1) is 13.3. The van der Waals surface area contributed by atoms with Gasteiger partial charge in [0, 0.05) is 24.7 Å². The zero-order valence-electron chi connectivity index (χ0n) is 9.63. The molecular weight excluding hydrogens is 268 g/mol. The third kappa shape index (κ3) is 4.86. The van der Waals surface area contributed by atoms with Crippen LogP contribution in [0.1, 0.15) is 19.3 Å². The fourth-order valence-electron chi connectivity index (χ4n) is 1.45. The van der Waals surface area contributed by atoms with Crippen molar-refractivity contribution in [1.29, 1.82) is 0 Å². The molecule has 0 aliphatic heterocycles. The molecule has 90 valence electrons. The van der Waals surface area contributed by atoms with Gasteiger partial charge in [-0.1, -0.05) is 15.9 Å². The first-order chi connectivity index (χ1) is 7.74. The Morgan fingerprint density at radius 2 is 2.12 bits per heavy atom. The maximum atomic E-state index is 5.85. The van der Waals surface area contributed by atoms with Crippen molar-refractivity contribution < 1.29 is 4.74 Å². The van der Waals surface area contributed by atoms with Gasteiger partial charge in [-0.2, -0.15) is 0 Å². The Hall–Kier alpha value is -0.740. The van der Waals surface area contributed by atoms with Crippen LogP contribution in [0.5, 0.6) is 0 Å². The van der Waals surface area contributed by atoms with Crippen LogP contribution in [0.3, 0.4) is 0 Å². The third-order valence-corrected chi connectivity index (χ3v) is 2.85. The van der Waals surface area contributed by atoms with Crippen molar-refractivity contribution in [2.45, 2.75) is 19.3 Å². The summed E-state index contributed by atoms with van der Waals surface area (Å²) < 4.78 is 6.04. The van der Waals surface area contributed by atoms with E-state index >= 15 is 0 Å². The summed E-state index contributed by atoms with van der Waals surface area (Å²) in [7, 11) is 1.74. The molecule has 0 bridgehead atoms. The molecule has 4 heteroatoms. The molecule has 0 heterocycles. The van der Waals surface area contributed by atoms with E-state index in [0.717, 1.165) is 41.8 Å². The Balaban J connectivity index is 2.23. The quantitative estimate of drug-likeness (QED) is 0.597. The van der Waals surface area contributed by atoms with Crippen LogP contribution in [0.2, 0.25) is 0 Å². The number of nitrogens with one attached hydrogen (secondary N) is 1. The SMILES string of the molecule is COCCCCCNc1cc(Br)ccc1N. The van der Waals surface area contributed by atoms with Crippen molar-refractivity contribution in [3.63, 3.8) is 0 Å². The van der Waals surface area contributed by atoms with E-state index in [-0.39, 0.29) is 0 Å². The lowest BCUT2D eigenvalue weighted by atomic mass is 10.2. The lowest BCUT2D eigenvalue weighted by Gasteiger charge is -2.09. The largest absolute Gasteiger partial charge is 0.397 e. The Labute approximate surface area is 105 Å². The van der Waals surface area contributed by atoms with Crippen LogP contribution in [0.15, 0.2) is 22.7 Å². The van der Waals surface area contributed by atoms with Gasteiger partial charge in [0.2, 0.25) is 0 Å². The van der Waals surface area contributed by atoms with E-state index in [0.29, 0.717) is 0 Å². The number of hydrogen-bond donors (Lipinski definition) is 2. The predicted octanol–water partition coefficient (Wildman–Crippen LogP) is 3.26. The second-order valence-corrected chi connectivity index (χ2v) is 4.63. The molecule has 0 unspecified atom stereocenters. The molecular formula is C12H19BrN2O. The lowest BCUT2D eigenvalue weighted by Crippen LogP contribution is -2.04. The van der Waals surface area contributed by atoms with E-state index in [2.05, 4.69) is 21.2 Å². The van der Waals surface area contributed by atoms with Gasteiger partial charge in [0.05, 0.1) is 11.4 Å². The molecule has 1 rings (SSSR count). The van der Waals surface area contributed by atoms with Crippen molar-refractivity contribution in [2.24, 2.45) is 0 Å². The van der Waals surface area contributed by atoms with Gasteiger partial charge in [0.1, 0.15) is 0 Å². The average Bonchev–Trinajstić information content (AvgIpc) is 2.28. The van der Waals surface area contributed by atoms with Crippen LogP contribution < -0.4 is 11.1 Å². The normalized spacial score (nSPS) is 10.4. The predicted molar refractivity (Wildman–Crippen MR) is 72.8 cm³/mol. The molecule has 3 nitrogen and oxygen atoms in total. The van der Waals surface area contributed by atoms with E-state index < -0.39 is 0 Å². The van der Waals surface area contributed by atoms with Crippen LogP contribution in [0.25, 0.3) is 0 Å². The maximum Gasteiger partial charge on any atom is 0.0585 e. The second kappa shape index (κ2) is 7.52. The van der Waals surface area contributed by atoms with Crippen molar-refractivity contribution in [3.05, 3.63) is 22.7 Å². The first-order valence-electron chi connectivity index (χ1n) is 5.52. The Kier molecular flexibility index (Phi) is 6.26. The minimum atomic E-state index is 0.792. The fourth-order valence-corrected chi connectivity index (χ4v) is 1.81. The number of nitrogen functional groups attached to an aromatic ring is 1. The Morgan fingerprint density at radius 1 is 1.31 bits per heavy atom. The molecule has 0 aromatic heterocycles. The molecule has 0 fully saturated rings. The van der Waals surface area contributed by atoms with Crippen LogP contribution in [0, 0.1) is 0 Å². The summed E-state index contributed by atoms with van der Waals surface area (Å²) in [5.74, 6) is 0. The summed E-state index contributed by atoms with van der Waals surface area (Å²) >= 11 is 3.43. The number of halogens is 1. The minimum Gasteiger partial charge on any atom is -0.397 e. The van der Waals surface area contributed by atoms with E-state index in [4.69, 9.17) is 10.5 Å². The summed E-state index contributed by atoms with van der Waals surface area (Å²) in [6.07, 6.45) is 3.43. The van der Waals surface area contributed by atoms with Crippen LogP contribution in [-0.2, 0) is 4.74 Å². The fraction of sp³-hybridized carbons (Fsp3) is 0.500. The summed E-state index contributed by atoms with van der Waals surface area (Å²) in [4.78, 5) is 0. The molecule has 0 aliphatic rings.